The zero-order valence-electron chi connectivity index (χ0n) is 10.5. The second-order valence-electron chi connectivity index (χ2n) is 4.28. The lowest BCUT2D eigenvalue weighted by molar-refractivity contribution is 0.566. The second-order valence-corrected chi connectivity index (χ2v) is 6.40. The van der Waals surface area contributed by atoms with Gasteiger partial charge in [-0.2, -0.15) is 5.10 Å². The van der Waals surface area contributed by atoms with Crippen LogP contribution in [0.15, 0.2) is 35.5 Å². The Morgan fingerprint density at radius 2 is 2.16 bits per heavy atom. The van der Waals surface area contributed by atoms with E-state index in [1.54, 1.807) is 38.4 Å². The Morgan fingerprint density at radius 1 is 1.42 bits per heavy atom. The van der Waals surface area contributed by atoms with Crippen LogP contribution in [0.2, 0.25) is 5.02 Å². The van der Waals surface area contributed by atoms with Crippen LogP contribution in [-0.2, 0) is 10.0 Å². The van der Waals surface area contributed by atoms with E-state index in [1.165, 1.54) is 6.07 Å². The van der Waals surface area contributed by atoms with Gasteiger partial charge in [0.05, 0.1) is 11.1 Å². The zero-order chi connectivity index (χ0) is 14.0. The molecule has 102 valence electrons. The number of aromatic amines is 1. The summed E-state index contributed by atoms with van der Waals surface area (Å²) in [5, 5.41) is 6.96. The molecule has 0 bridgehead atoms. The number of sulfonamides is 1. The number of nitrogens with zero attached hydrogens (tertiary/aromatic N) is 1. The molecule has 0 saturated heterocycles. The predicted molar refractivity (Wildman–Crippen MR) is 73.5 cm³/mol. The van der Waals surface area contributed by atoms with Crippen molar-refractivity contribution in [3.63, 3.8) is 0 Å². The van der Waals surface area contributed by atoms with Crippen molar-refractivity contribution in [1.29, 1.82) is 0 Å². The third kappa shape index (κ3) is 3.15. The molecule has 7 heteroatoms. The molecule has 1 heterocycles. The van der Waals surface area contributed by atoms with Gasteiger partial charge in [-0.15, -0.1) is 0 Å². The molecule has 19 heavy (non-hydrogen) atoms. The Balaban J connectivity index is 2.28. The van der Waals surface area contributed by atoms with Crippen molar-refractivity contribution in [3.8, 4) is 0 Å². The maximum absolute atomic E-state index is 12.3. The van der Waals surface area contributed by atoms with Gasteiger partial charge in [-0.1, -0.05) is 11.6 Å². The van der Waals surface area contributed by atoms with Gasteiger partial charge in [0.2, 0.25) is 10.0 Å². The van der Waals surface area contributed by atoms with Crippen molar-refractivity contribution in [3.05, 3.63) is 46.7 Å². The van der Waals surface area contributed by atoms with E-state index in [4.69, 9.17) is 11.6 Å². The molecule has 5 nitrogen and oxygen atoms in total. The Hall–Kier alpha value is -1.37. The molecule has 1 atom stereocenters. The van der Waals surface area contributed by atoms with Crippen LogP contribution in [-0.4, -0.2) is 18.6 Å². The van der Waals surface area contributed by atoms with Crippen LogP contribution in [0.25, 0.3) is 0 Å². The molecule has 1 unspecified atom stereocenters. The number of rotatable bonds is 4. The molecule has 2 aromatic rings. The minimum absolute atomic E-state index is 0.229. The number of aryl methyl sites for hydroxylation is 1. The summed E-state index contributed by atoms with van der Waals surface area (Å²) in [6.45, 7) is 3.47. The Bertz CT molecular complexity index is 668. The summed E-state index contributed by atoms with van der Waals surface area (Å²) in [4.78, 5) is 0.229. The van der Waals surface area contributed by atoms with Crippen LogP contribution < -0.4 is 4.72 Å². The summed E-state index contributed by atoms with van der Waals surface area (Å²) < 4.78 is 27.2. The first-order chi connectivity index (χ1) is 8.90. The number of hydrogen-bond acceptors (Lipinski definition) is 3. The number of H-pyrrole nitrogens is 1. The van der Waals surface area contributed by atoms with Crippen molar-refractivity contribution in [2.45, 2.75) is 24.8 Å². The lowest BCUT2D eigenvalue weighted by Gasteiger charge is -2.14. The van der Waals surface area contributed by atoms with Crippen molar-refractivity contribution in [1.82, 2.24) is 14.9 Å². The summed E-state index contributed by atoms with van der Waals surface area (Å²) in [5.41, 5.74) is 1.38. The molecule has 0 spiro atoms. The number of hydrogen-bond donors (Lipinski definition) is 2. The van der Waals surface area contributed by atoms with Crippen molar-refractivity contribution in [2.75, 3.05) is 0 Å². The molecular formula is C12H14ClN3O2S. The van der Waals surface area contributed by atoms with Crippen molar-refractivity contribution < 1.29 is 8.42 Å². The smallest absolute Gasteiger partial charge is 0.241 e. The van der Waals surface area contributed by atoms with Gasteiger partial charge in [-0.25, -0.2) is 13.1 Å². The van der Waals surface area contributed by atoms with Gasteiger partial charge in [-0.3, -0.25) is 5.10 Å². The average molecular weight is 300 g/mol. The first kappa shape index (κ1) is 14.0. The van der Waals surface area contributed by atoms with Gasteiger partial charge in [0.15, 0.2) is 0 Å². The zero-order valence-corrected chi connectivity index (χ0v) is 12.1. The molecule has 1 aromatic carbocycles. The average Bonchev–Trinajstić information content (AvgIpc) is 2.80. The molecule has 1 aromatic heterocycles. The molecular weight excluding hydrogens is 286 g/mol. The fourth-order valence-electron chi connectivity index (χ4n) is 1.78. The van der Waals surface area contributed by atoms with Gasteiger partial charge in [0, 0.05) is 22.8 Å². The van der Waals surface area contributed by atoms with Crippen LogP contribution in [0.5, 0.6) is 0 Å². The van der Waals surface area contributed by atoms with E-state index >= 15 is 0 Å². The molecule has 0 radical (unpaired) electrons. The van der Waals surface area contributed by atoms with E-state index in [9.17, 15) is 8.42 Å². The highest BCUT2D eigenvalue weighted by Crippen LogP contribution is 2.21. The topological polar surface area (TPSA) is 74.8 Å². The van der Waals surface area contributed by atoms with Gasteiger partial charge in [0.1, 0.15) is 0 Å². The Kier molecular flexibility index (Phi) is 3.93. The van der Waals surface area contributed by atoms with Gasteiger partial charge in [0.25, 0.3) is 0 Å². The SMILES string of the molecule is Cc1cc(Cl)ccc1S(=O)(=O)NC(C)c1cn[nH]c1. The van der Waals surface area contributed by atoms with Crippen molar-refractivity contribution >= 4 is 21.6 Å². The number of nitrogens with one attached hydrogen (secondary N) is 2. The monoisotopic (exact) mass is 299 g/mol. The summed E-state index contributed by atoms with van der Waals surface area (Å²) in [6, 6.07) is 4.32. The van der Waals surface area contributed by atoms with E-state index in [0.29, 0.717) is 10.6 Å². The highest BCUT2D eigenvalue weighted by Gasteiger charge is 2.20. The third-order valence-electron chi connectivity index (χ3n) is 2.78. The number of benzene rings is 1. The minimum atomic E-state index is -3.58. The van der Waals surface area contributed by atoms with Crippen molar-refractivity contribution in [2.24, 2.45) is 0 Å². The highest BCUT2D eigenvalue weighted by molar-refractivity contribution is 7.89. The van der Waals surface area contributed by atoms with E-state index in [1.807, 2.05) is 0 Å². The second kappa shape index (κ2) is 5.32. The lowest BCUT2D eigenvalue weighted by atomic mass is 10.2. The van der Waals surface area contributed by atoms with Gasteiger partial charge >= 0.3 is 0 Å². The predicted octanol–water partition coefficient (Wildman–Crippen LogP) is 2.41. The van der Waals surface area contributed by atoms with Gasteiger partial charge < -0.3 is 0 Å². The summed E-state index contributed by atoms with van der Waals surface area (Å²) >= 11 is 5.83. The molecule has 2 N–H and O–H groups in total. The first-order valence-corrected chi connectivity index (χ1v) is 7.53. The fourth-order valence-corrected chi connectivity index (χ4v) is 3.46. The fraction of sp³-hybridized carbons (Fsp3) is 0.250. The van der Waals surface area contributed by atoms with Crippen LogP contribution in [0.1, 0.15) is 24.1 Å². The van der Waals surface area contributed by atoms with Gasteiger partial charge in [-0.05, 0) is 37.6 Å². The summed E-state index contributed by atoms with van der Waals surface area (Å²) in [5.74, 6) is 0. The van der Waals surface area contributed by atoms with Crippen LogP contribution in [0, 0.1) is 6.92 Å². The van der Waals surface area contributed by atoms with E-state index in [-0.39, 0.29) is 10.9 Å². The highest BCUT2D eigenvalue weighted by atomic mass is 35.5. The molecule has 0 aliphatic carbocycles. The summed E-state index contributed by atoms with van der Waals surface area (Å²) in [6.07, 6.45) is 3.24. The lowest BCUT2D eigenvalue weighted by Crippen LogP contribution is -2.27. The maximum Gasteiger partial charge on any atom is 0.241 e. The largest absolute Gasteiger partial charge is 0.285 e. The molecule has 2 rings (SSSR count). The minimum Gasteiger partial charge on any atom is -0.285 e. The third-order valence-corrected chi connectivity index (χ3v) is 4.71. The number of halogens is 1. The molecule has 0 aliphatic heterocycles. The van der Waals surface area contributed by atoms with Crippen LogP contribution >= 0.6 is 11.6 Å². The quantitative estimate of drug-likeness (QED) is 0.910. The number of aromatic nitrogens is 2. The molecule has 0 saturated carbocycles. The van der Waals surface area contributed by atoms with E-state index in [2.05, 4.69) is 14.9 Å². The standard InChI is InChI=1S/C12H14ClN3O2S/c1-8-5-11(13)3-4-12(8)19(17,18)16-9(2)10-6-14-15-7-10/h3-7,9,16H,1-2H3,(H,14,15). The molecule has 0 aliphatic rings. The van der Waals surface area contributed by atoms with Crippen LogP contribution in [0.3, 0.4) is 0 Å². The Labute approximate surface area is 117 Å². The first-order valence-electron chi connectivity index (χ1n) is 5.67. The van der Waals surface area contributed by atoms with E-state index < -0.39 is 10.0 Å². The van der Waals surface area contributed by atoms with E-state index in [0.717, 1.165) is 5.56 Å². The van der Waals surface area contributed by atoms with Crippen LogP contribution in [0.4, 0.5) is 0 Å². The molecule has 0 amide bonds. The Morgan fingerprint density at radius 3 is 2.74 bits per heavy atom. The maximum atomic E-state index is 12.3. The summed E-state index contributed by atoms with van der Waals surface area (Å²) in [7, 11) is -3.58. The molecule has 0 fully saturated rings. The normalized spacial score (nSPS) is 13.4.